The Kier molecular flexibility index (Phi) is 5.23. The lowest BCUT2D eigenvalue weighted by atomic mass is 10.1. The summed E-state index contributed by atoms with van der Waals surface area (Å²) in [5, 5.41) is 3.01. The van der Waals surface area contributed by atoms with E-state index in [2.05, 4.69) is 10.3 Å². The molecule has 0 amide bonds. The normalized spacial score (nSPS) is 18.4. The van der Waals surface area contributed by atoms with E-state index in [0.717, 1.165) is 31.4 Å². The molecule has 0 atom stereocenters. The minimum absolute atomic E-state index is 0.144. The smallest absolute Gasteiger partial charge is 0.244 e. The summed E-state index contributed by atoms with van der Waals surface area (Å²) in [4.78, 5) is 3.38. The van der Waals surface area contributed by atoms with Crippen LogP contribution in [0.1, 0.15) is 44.2 Å². The summed E-state index contributed by atoms with van der Waals surface area (Å²) in [5.74, 6) is 0. The molecule has 0 unspecified atom stereocenters. The first-order chi connectivity index (χ1) is 9.55. The van der Waals surface area contributed by atoms with Crippen LogP contribution in [-0.2, 0) is 16.6 Å². The summed E-state index contributed by atoms with van der Waals surface area (Å²) >= 11 is 0. The Morgan fingerprint density at radius 1 is 1.30 bits per heavy atom. The zero-order chi connectivity index (χ0) is 14.6. The number of hydrogen-bond acceptors (Lipinski definition) is 3. The van der Waals surface area contributed by atoms with Gasteiger partial charge in [0.25, 0.3) is 0 Å². The van der Waals surface area contributed by atoms with Crippen LogP contribution in [0.5, 0.6) is 0 Å². The van der Waals surface area contributed by atoms with Crippen LogP contribution in [0, 0.1) is 0 Å². The van der Waals surface area contributed by atoms with Crippen molar-refractivity contribution in [1.29, 1.82) is 0 Å². The average molecular weight is 299 g/mol. The molecule has 5 nitrogen and oxygen atoms in total. The summed E-state index contributed by atoms with van der Waals surface area (Å²) in [6.07, 6.45) is 8.25. The Hall–Kier alpha value is -0.850. The van der Waals surface area contributed by atoms with Gasteiger partial charge in [0.1, 0.15) is 0 Å². The first-order valence-electron chi connectivity index (χ1n) is 7.35. The monoisotopic (exact) mass is 299 g/mol. The molecule has 1 aliphatic carbocycles. The maximum absolute atomic E-state index is 12.6. The van der Waals surface area contributed by atoms with E-state index in [4.69, 9.17) is 0 Å². The van der Waals surface area contributed by atoms with Crippen LogP contribution in [0.25, 0.3) is 0 Å². The molecule has 1 heterocycles. The molecule has 0 spiro atoms. The van der Waals surface area contributed by atoms with Crippen molar-refractivity contribution in [2.75, 3.05) is 14.1 Å². The van der Waals surface area contributed by atoms with Gasteiger partial charge in [0.15, 0.2) is 0 Å². The standard InChI is InChI=1S/C14H25N3O2S/c1-15-10-12-9-14(11-16-12)20(18,19)17(2)13-7-5-3-4-6-8-13/h9,11,13,15-16H,3-8,10H2,1-2H3. The molecule has 0 aliphatic heterocycles. The molecule has 1 saturated carbocycles. The number of rotatable bonds is 5. The van der Waals surface area contributed by atoms with Crippen LogP contribution in [0.15, 0.2) is 17.2 Å². The van der Waals surface area contributed by atoms with E-state index in [0.29, 0.717) is 11.4 Å². The van der Waals surface area contributed by atoms with Gasteiger partial charge in [-0.2, -0.15) is 4.31 Å². The number of aromatic nitrogens is 1. The Morgan fingerprint density at radius 3 is 2.55 bits per heavy atom. The molecular weight excluding hydrogens is 274 g/mol. The van der Waals surface area contributed by atoms with Crippen LogP contribution in [0.3, 0.4) is 0 Å². The molecule has 6 heteroatoms. The third kappa shape index (κ3) is 3.42. The van der Waals surface area contributed by atoms with Gasteiger partial charge in [0, 0.05) is 31.5 Å². The fourth-order valence-corrected chi connectivity index (χ4v) is 4.28. The Morgan fingerprint density at radius 2 is 1.95 bits per heavy atom. The highest BCUT2D eigenvalue weighted by Gasteiger charge is 2.29. The SMILES string of the molecule is CNCc1cc(S(=O)(=O)N(C)C2CCCCCC2)c[nH]1. The van der Waals surface area contributed by atoms with Gasteiger partial charge in [-0.15, -0.1) is 0 Å². The van der Waals surface area contributed by atoms with Gasteiger partial charge in [-0.05, 0) is 26.0 Å². The molecule has 1 aromatic rings. The van der Waals surface area contributed by atoms with Gasteiger partial charge >= 0.3 is 0 Å². The fraction of sp³-hybridized carbons (Fsp3) is 0.714. The largest absolute Gasteiger partial charge is 0.363 e. The van der Waals surface area contributed by atoms with Crippen molar-refractivity contribution in [2.24, 2.45) is 0 Å². The lowest BCUT2D eigenvalue weighted by Gasteiger charge is -2.25. The molecule has 0 radical (unpaired) electrons. The van der Waals surface area contributed by atoms with E-state index < -0.39 is 10.0 Å². The number of H-pyrrole nitrogens is 1. The molecule has 114 valence electrons. The van der Waals surface area contributed by atoms with Gasteiger partial charge in [-0.1, -0.05) is 25.7 Å². The van der Waals surface area contributed by atoms with Crippen molar-refractivity contribution in [3.05, 3.63) is 18.0 Å². The number of sulfonamides is 1. The van der Waals surface area contributed by atoms with Crippen molar-refractivity contribution in [1.82, 2.24) is 14.6 Å². The highest BCUT2D eigenvalue weighted by Crippen LogP contribution is 2.26. The van der Waals surface area contributed by atoms with Gasteiger partial charge in [-0.25, -0.2) is 8.42 Å². The second-order valence-electron chi connectivity index (χ2n) is 5.56. The molecule has 2 rings (SSSR count). The van der Waals surface area contributed by atoms with Crippen LogP contribution >= 0.6 is 0 Å². The predicted octanol–water partition coefficient (Wildman–Crippen LogP) is 2.08. The van der Waals surface area contributed by atoms with Crippen molar-refractivity contribution >= 4 is 10.0 Å². The Bertz CT molecular complexity index is 516. The van der Waals surface area contributed by atoms with E-state index in [1.807, 2.05) is 7.05 Å². The fourth-order valence-electron chi connectivity index (χ4n) is 2.84. The highest BCUT2D eigenvalue weighted by molar-refractivity contribution is 7.89. The minimum Gasteiger partial charge on any atom is -0.363 e. The van der Waals surface area contributed by atoms with E-state index in [9.17, 15) is 8.42 Å². The van der Waals surface area contributed by atoms with E-state index >= 15 is 0 Å². The van der Waals surface area contributed by atoms with Crippen molar-refractivity contribution < 1.29 is 8.42 Å². The van der Waals surface area contributed by atoms with Gasteiger partial charge in [0.05, 0.1) is 4.90 Å². The zero-order valence-electron chi connectivity index (χ0n) is 12.4. The van der Waals surface area contributed by atoms with Crippen LogP contribution in [-0.4, -0.2) is 37.8 Å². The first-order valence-corrected chi connectivity index (χ1v) is 8.79. The lowest BCUT2D eigenvalue weighted by Crippen LogP contribution is -2.36. The van der Waals surface area contributed by atoms with Crippen molar-refractivity contribution in [2.45, 2.75) is 56.0 Å². The predicted molar refractivity (Wildman–Crippen MR) is 80.0 cm³/mol. The summed E-state index contributed by atoms with van der Waals surface area (Å²) in [5.41, 5.74) is 0.889. The van der Waals surface area contributed by atoms with E-state index in [1.165, 1.54) is 12.8 Å². The van der Waals surface area contributed by atoms with Crippen LogP contribution in [0.2, 0.25) is 0 Å². The molecule has 0 saturated heterocycles. The topological polar surface area (TPSA) is 65.2 Å². The van der Waals surface area contributed by atoms with E-state index in [-0.39, 0.29) is 6.04 Å². The second-order valence-corrected chi connectivity index (χ2v) is 7.56. The number of nitrogens with zero attached hydrogens (tertiary/aromatic N) is 1. The summed E-state index contributed by atoms with van der Waals surface area (Å²) in [6, 6.07) is 1.86. The van der Waals surface area contributed by atoms with E-state index in [1.54, 1.807) is 23.6 Å². The molecule has 0 aromatic carbocycles. The molecular formula is C14H25N3O2S. The molecule has 1 fully saturated rings. The molecule has 1 aromatic heterocycles. The highest BCUT2D eigenvalue weighted by atomic mass is 32.2. The van der Waals surface area contributed by atoms with Gasteiger partial charge < -0.3 is 10.3 Å². The summed E-state index contributed by atoms with van der Waals surface area (Å²) in [7, 11) is 0.180. The van der Waals surface area contributed by atoms with Crippen molar-refractivity contribution in [3.63, 3.8) is 0 Å². The maximum atomic E-state index is 12.6. The van der Waals surface area contributed by atoms with Gasteiger partial charge in [-0.3, -0.25) is 0 Å². The minimum atomic E-state index is -3.38. The molecule has 0 bridgehead atoms. The average Bonchev–Trinajstić information content (AvgIpc) is 2.74. The summed E-state index contributed by atoms with van der Waals surface area (Å²) in [6.45, 7) is 0.642. The molecule has 20 heavy (non-hydrogen) atoms. The quantitative estimate of drug-likeness (QED) is 0.818. The summed E-state index contributed by atoms with van der Waals surface area (Å²) < 4.78 is 26.9. The lowest BCUT2D eigenvalue weighted by molar-refractivity contribution is 0.336. The third-order valence-electron chi connectivity index (χ3n) is 4.10. The third-order valence-corrected chi connectivity index (χ3v) is 5.99. The Balaban J connectivity index is 2.14. The number of hydrogen-bond donors (Lipinski definition) is 2. The number of aromatic amines is 1. The number of nitrogens with one attached hydrogen (secondary N) is 2. The van der Waals surface area contributed by atoms with Gasteiger partial charge in [0.2, 0.25) is 10.0 Å². The molecule has 2 N–H and O–H groups in total. The first kappa shape index (κ1) is 15.5. The second kappa shape index (κ2) is 6.74. The zero-order valence-corrected chi connectivity index (χ0v) is 13.2. The van der Waals surface area contributed by atoms with Crippen LogP contribution in [0.4, 0.5) is 0 Å². The van der Waals surface area contributed by atoms with Crippen LogP contribution < -0.4 is 5.32 Å². The molecule has 1 aliphatic rings. The maximum Gasteiger partial charge on any atom is 0.244 e. The Labute approximate surface area is 121 Å². The van der Waals surface area contributed by atoms with Crippen molar-refractivity contribution in [3.8, 4) is 0 Å².